The van der Waals surface area contributed by atoms with Crippen molar-refractivity contribution in [2.75, 3.05) is 13.7 Å². The Morgan fingerprint density at radius 3 is 2.71 bits per heavy atom. The molecule has 0 N–H and O–H groups in total. The zero-order valence-electron chi connectivity index (χ0n) is 18.4. The van der Waals surface area contributed by atoms with E-state index in [1.165, 1.54) is 4.57 Å². The molecule has 6 nitrogen and oxygen atoms in total. The number of aromatic nitrogens is 2. The highest BCUT2D eigenvalue weighted by molar-refractivity contribution is 6.31. The number of hydrogen-bond acceptors (Lipinski definition) is 4. The van der Waals surface area contributed by atoms with Gasteiger partial charge in [0.25, 0.3) is 11.5 Å². The van der Waals surface area contributed by atoms with Crippen LogP contribution in [0.25, 0.3) is 10.9 Å². The fourth-order valence-corrected chi connectivity index (χ4v) is 3.87. The van der Waals surface area contributed by atoms with E-state index in [1.807, 2.05) is 6.92 Å². The molecule has 0 radical (unpaired) electrons. The number of benzene rings is 2. The predicted molar refractivity (Wildman–Crippen MR) is 124 cm³/mol. The Morgan fingerprint density at radius 2 is 2.00 bits per heavy atom. The van der Waals surface area contributed by atoms with E-state index in [-0.39, 0.29) is 11.5 Å². The Hall–Kier alpha value is -2.86. The molecule has 0 spiro atoms. The number of carbonyl (C=O) groups excluding carboxylic acids is 1. The second-order valence-corrected chi connectivity index (χ2v) is 8.05. The topological polar surface area (TPSA) is 64.4 Å². The van der Waals surface area contributed by atoms with Crippen LogP contribution in [0.3, 0.4) is 0 Å². The van der Waals surface area contributed by atoms with Crippen LogP contribution in [-0.2, 0) is 7.05 Å². The number of nitrogens with zero attached hydrogens (tertiary/aromatic N) is 3. The molecule has 0 bridgehead atoms. The number of rotatable bonds is 8. The maximum atomic E-state index is 13.5. The average Bonchev–Trinajstić information content (AvgIpc) is 2.78. The van der Waals surface area contributed by atoms with Crippen molar-refractivity contribution >= 4 is 28.4 Å². The van der Waals surface area contributed by atoms with E-state index in [1.54, 1.807) is 61.5 Å². The van der Waals surface area contributed by atoms with Gasteiger partial charge in [0.1, 0.15) is 11.6 Å². The molecule has 3 aromatic rings. The van der Waals surface area contributed by atoms with Gasteiger partial charge < -0.3 is 9.64 Å². The minimum Gasteiger partial charge on any atom is -0.497 e. The van der Waals surface area contributed by atoms with Gasteiger partial charge in [0.15, 0.2) is 0 Å². The van der Waals surface area contributed by atoms with E-state index in [2.05, 4.69) is 6.92 Å². The molecule has 1 atom stereocenters. The SMILES string of the molecule is CCCCCN(C(=O)c1cccc(OC)c1)C(C)c1nc2cc(Cl)ccc2c(=O)n1C. The molecule has 0 saturated heterocycles. The predicted octanol–water partition coefficient (Wildman–Crippen LogP) is 4.99. The van der Waals surface area contributed by atoms with Crippen molar-refractivity contribution in [3.8, 4) is 5.75 Å². The molecular weight excluding hydrogens is 414 g/mol. The lowest BCUT2D eigenvalue weighted by atomic mass is 10.1. The second-order valence-electron chi connectivity index (χ2n) is 7.61. The number of hydrogen-bond donors (Lipinski definition) is 0. The van der Waals surface area contributed by atoms with Gasteiger partial charge in [-0.25, -0.2) is 4.98 Å². The van der Waals surface area contributed by atoms with Gasteiger partial charge in [0, 0.05) is 24.2 Å². The van der Waals surface area contributed by atoms with Gasteiger partial charge in [-0.1, -0.05) is 37.4 Å². The number of carbonyl (C=O) groups is 1. The quantitative estimate of drug-likeness (QED) is 0.462. The lowest BCUT2D eigenvalue weighted by Gasteiger charge is -2.30. The van der Waals surface area contributed by atoms with Gasteiger partial charge >= 0.3 is 0 Å². The molecule has 0 fully saturated rings. The smallest absolute Gasteiger partial charge is 0.261 e. The molecule has 1 amide bonds. The number of unbranched alkanes of at least 4 members (excludes halogenated alkanes) is 2. The van der Waals surface area contributed by atoms with Crippen LogP contribution in [0.5, 0.6) is 5.75 Å². The maximum Gasteiger partial charge on any atom is 0.261 e. The lowest BCUT2D eigenvalue weighted by molar-refractivity contribution is 0.0675. The average molecular weight is 442 g/mol. The molecule has 1 unspecified atom stereocenters. The zero-order valence-corrected chi connectivity index (χ0v) is 19.1. The monoisotopic (exact) mass is 441 g/mol. The van der Waals surface area contributed by atoms with Gasteiger partial charge in [-0.3, -0.25) is 14.2 Å². The number of ether oxygens (including phenoxy) is 1. The summed E-state index contributed by atoms with van der Waals surface area (Å²) in [6.07, 6.45) is 2.92. The molecule has 164 valence electrons. The van der Waals surface area contributed by atoms with Crippen LogP contribution >= 0.6 is 11.6 Å². The standard InChI is InChI=1S/C24H28ClN3O3/c1-5-6-7-13-28(23(29)17-9-8-10-19(14-17)31-4)16(2)22-26-21-15-18(25)11-12-20(21)24(30)27(22)3/h8-12,14-16H,5-7,13H2,1-4H3. The van der Waals surface area contributed by atoms with Crippen molar-refractivity contribution in [3.05, 3.63) is 69.2 Å². The fourth-order valence-electron chi connectivity index (χ4n) is 3.70. The second kappa shape index (κ2) is 9.96. The third kappa shape index (κ3) is 4.90. The summed E-state index contributed by atoms with van der Waals surface area (Å²) >= 11 is 6.12. The van der Waals surface area contributed by atoms with Crippen LogP contribution in [0, 0.1) is 0 Å². The minimum atomic E-state index is -0.406. The summed E-state index contributed by atoms with van der Waals surface area (Å²) in [6.45, 7) is 4.59. The molecule has 2 aromatic carbocycles. The van der Waals surface area contributed by atoms with E-state index in [0.717, 1.165) is 19.3 Å². The van der Waals surface area contributed by atoms with Crippen LogP contribution < -0.4 is 10.3 Å². The lowest BCUT2D eigenvalue weighted by Crippen LogP contribution is -2.38. The summed E-state index contributed by atoms with van der Waals surface area (Å²) in [5.74, 6) is 1.02. The summed E-state index contributed by atoms with van der Waals surface area (Å²) in [7, 11) is 3.26. The molecule has 0 aliphatic rings. The van der Waals surface area contributed by atoms with E-state index >= 15 is 0 Å². The van der Waals surface area contributed by atoms with E-state index in [0.29, 0.717) is 39.6 Å². The van der Waals surface area contributed by atoms with Crippen molar-refractivity contribution in [1.82, 2.24) is 14.5 Å². The van der Waals surface area contributed by atoms with Crippen LogP contribution in [0.4, 0.5) is 0 Å². The van der Waals surface area contributed by atoms with Crippen LogP contribution in [-0.4, -0.2) is 34.0 Å². The molecule has 0 aliphatic heterocycles. The van der Waals surface area contributed by atoms with E-state index in [4.69, 9.17) is 21.3 Å². The molecular formula is C24H28ClN3O3. The molecule has 0 aliphatic carbocycles. The Balaban J connectivity index is 2.05. The number of amides is 1. The van der Waals surface area contributed by atoms with Crippen molar-refractivity contribution < 1.29 is 9.53 Å². The van der Waals surface area contributed by atoms with Crippen molar-refractivity contribution in [2.45, 2.75) is 39.2 Å². The zero-order chi connectivity index (χ0) is 22.5. The summed E-state index contributed by atoms with van der Waals surface area (Å²) < 4.78 is 6.80. The summed E-state index contributed by atoms with van der Waals surface area (Å²) in [6, 6.07) is 11.7. The highest BCUT2D eigenvalue weighted by atomic mass is 35.5. The third-order valence-electron chi connectivity index (χ3n) is 5.49. The van der Waals surface area contributed by atoms with Gasteiger partial charge in [-0.05, 0) is 49.7 Å². The van der Waals surface area contributed by atoms with Gasteiger partial charge in [-0.15, -0.1) is 0 Å². The van der Waals surface area contributed by atoms with E-state index < -0.39 is 6.04 Å². The highest BCUT2D eigenvalue weighted by Crippen LogP contribution is 2.25. The molecule has 31 heavy (non-hydrogen) atoms. The first kappa shape index (κ1) is 22.8. The van der Waals surface area contributed by atoms with Gasteiger partial charge in [0.2, 0.25) is 0 Å². The largest absolute Gasteiger partial charge is 0.497 e. The summed E-state index contributed by atoms with van der Waals surface area (Å²) in [5, 5.41) is 1.01. The molecule has 1 aromatic heterocycles. The Kier molecular flexibility index (Phi) is 7.33. The summed E-state index contributed by atoms with van der Waals surface area (Å²) in [5.41, 5.74) is 0.905. The molecule has 0 saturated carbocycles. The first-order valence-electron chi connectivity index (χ1n) is 10.5. The number of halogens is 1. The van der Waals surface area contributed by atoms with Gasteiger partial charge in [-0.2, -0.15) is 0 Å². The normalized spacial score (nSPS) is 12.0. The van der Waals surface area contributed by atoms with Crippen molar-refractivity contribution in [3.63, 3.8) is 0 Å². The maximum absolute atomic E-state index is 13.5. The third-order valence-corrected chi connectivity index (χ3v) is 5.73. The number of fused-ring (bicyclic) bond motifs is 1. The summed E-state index contributed by atoms with van der Waals surface area (Å²) in [4.78, 5) is 32.9. The van der Waals surface area contributed by atoms with Crippen LogP contribution in [0.1, 0.15) is 55.3 Å². The molecule has 1 heterocycles. The minimum absolute atomic E-state index is 0.122. The number of methoxy groups -OCH3 is 1. The van der Waals surface area contributed by atoms with Crippen LogP contribution in [0.15, 0.2) is 47.3 Å². The van der Waals surface area contributed by atoms with Crippen LogP contribution in [0.2, 0.25) is 5.02 Å². The Morgan fingerprint density at radius 1 is 1.23 bits per heavy atom. The van der Waals surface area contributed by atoms with E-state index in [9.17, 15) is 9.59 Å². The van der Waals surface area contributed by atoms with Gasteiger partial charge in [0.05, 0.1) is 24.1 Å². The molecule has 7 heteroatoms. The highest BCUT2D eigenvalue weighted by Gasteiger charge is 2.26. The molecule has 3 rings (SSSR count). The first-order chi connectivity index (χ1) is 14.9. The first-order valence-corrected chi connectivity index (χ1v) is 10.9. The van der Waals surface area contributed by atoms with Crippen molar-refractivity contribution in [2.24, 2.45) is 7.05 Å². The Bertz CT molecular complexity index is 1140. The fraction of sp³-hybridized carbons (Fsp3) is 0.375. The Labute approximate surface area is 187 Å². The van der Waals surface area contributed by atoms with Crippen molar-refractivity contribution in [1.29, 1.82) is 0 Å².